The monoisotopic (exact) mass is 892 g/mol. The van der Waals surface area contributed by atoms with Gasteiger partial charge in [-0.15, -0.1) is 0 Å². The van der Waals surface area contributed by atoms with E-state index in [2.05, 4.69) is 276 Å². The molecule has 328 valence electrons. The lowest BCUT2D eigenvalue weighted by molar-refractivity contribution is 1.05. The number of nitrogens with zero attached hydrogens (tertiary/aromatic N) is 4. The molecule has 0 saturated heterocycles. The summed E-state index contributed by atoms with van der Waals surface area (Å²) >= 11 is 0. The normalized spacial score (nSPS) is 11.4. The maximum Gasteiger partial charge on any atom is 0.162 e. The summed E-state index contributed by atoms with van der Waals surface area (Å²) in [6.07, 6.45) is 0. The predicted molar refractivity (Wildman–Crippen MR) is 293 cm³/mol. The molecule has 2 heterocycles. The summed E-state index contributed by atoms with van der Waals surface area (Å²) in [5.41, 5.74) is 15.4. The molecule has 0 amide bonds. The Labute approximate surface area is 406 Å². The molecule has 4 heteroatoms. The third kappa shape index (κ3) is 7.36. The van der Waals surface area contributed by atoms with E-state index >= 15 is 0 Å². The van der Waals surface area contributed by atoms with Crippen LogP contribution < -0.4 is 4.90 Å². The molecule has 0 aliphatic carbocycles. The molecule has 0 aliphatic heterocycles. The van der Waals surface area contributed by atoms with Crippen LogP contribution in [0.2, 0.25) is 0 Å². The van der Waals surface area contributed by atoms with Gasteiger partial charge < -0.3 is 4.90 Å². The van der Waals surface area contributed by atoms with E-state index in [1.54, 1.807) is 0 Å². The molecular weight excluding hydrogens is 849 g/mol. The van der Waals surface area contributed by atoms with E-state index in [0.717, 1.165) is 88.8 Å². The largest absolute Gasteiger partial charge is 0.311 e. The summed E-state index contributed by atoms with van der Waals surface area (Å²) < 4.78 is 2.31. The average molecular weight is 893 g/mol. The SMILES string of the molecule is c1ccc(-c2ccc(N(c3ccc(-c4ccccc4)cc3)c3ccc(-c4ccc5c(c4)c4ccccc4n5-c4cc(-c5cccc6ccccc56)nc(-c5cccc6ccccc56)n4)cc3)cc2)cc1. The van der Waals surface area contributed by atoms with E-state index in [-0.39, 0.29) is 0 Å². The minimum absolute atomic E-state index is 0.688. The number of hydrogen-bond donors (Lipinski definition) is 0. The van der Waals surface area contributed by atoms with Crippen molar-refractivity contribution in [3.8, 4) is 61.8 Å². The first kappa shape index (κ1) is 40.9. The van der Waals surface area contributed by atoms with Crippen LogP contribution in [-0.4, -0.2) is 14.5 Å². The molecule has 2 aromatic heterocycles. The van der Waals surface area contributed by atoms with Crippen molar-refractivity contribution in [3.63, 3.8) is 0 Å². The van der Waals surface area contributed by atoms with Crippen molar-refractivity contribution in [3.05, 3.63) is 267 Å². The molecule has 0 atom stereocenters. The van der Waals surface area contributed by atoms with Gasteiger partial charge >= 0.3 is 0 Å². The fraction of sp³-hybridized carbons (Fsp3) is 0. The van der Waals surface area contributed by atoms with E-state index in [9.17, 15) is 0 Å². The highest BCUT2D eigenvalue weighted by molar-refractivity contribution is 6.10. The lowest BCUT2D eigenvalue weighted by Crippen LogP contribution is -2.09. The molecular formula is C66H44N4. The summed E-state index contributed by atoms with van der Waals surface area (Å²) in [6.45, 7) is 0. The van der Waals surface area contributed by atoms with Crippen LogP contribution in [0.3, 0.4) is 0 Å². The van der Waals surface area contributed by atoms with Crippen LogP contribution in [0.15, 0.2) is 267 Å². The lowest BCUT2D eigenvalue weighted by atomic mass is 10.0. The highest BCUT2D eigenvalue weighted by atomic mass is 15.1. The van der Waals surface area contributed by atoms with Crippen molar-refractivity contribution in [1.29, 1.82) is 0 Å². The highest BCUT2D eigenvalue weighted by Crippen LogP contribution is 2.41. The van der Waals surface area contributed by atoms with Crippen LogP contribution in [0.25, 0.3) is 105 Å². The van der Waals surface area contributed by atoms with Crippen LogP contribution in [0.5, 0.6) is 0 Å². The van der Waals surface area contributed by atoms with Crippen LogP contribution in [0.4, 0.5) is 17.1 Å². The minimum atomic E-state index is 0.688. The van der Waals surface area contributed by atoms with E-state index < -0.39 is 0 Å². The van der Waals surface area contributed by atoms with Crippen molar-refractivity contribution in [2.75, 3.05) is 4.90 Å². The Bertz CT molecular complexity index is 3840. The van der Waals surface area contributed by atoms with E-state index in [1.165, 1.54) is 27.6 Å². The molecule has 0 aliphatic rings. The number of para-hydroxylation sites is 1. The van der Waals surface area contributed by atoms with Gasteiger partial charge in [0.15, 0.2) is 5.82 Å². The van der Waals surface area contributed by atoms with E-state index in [4.69, 9.17) is 9.97 Å². The van der Waals surface area contributed by atoms with Crippen LogP contribution in [-0.2, 0) is 0 Å². The number of anilines is 3. The summed E-state index contributed by atoms with van der Waals surface area (Å²) in [7, 11) is 0. The van der Waals surface area contributed by atoms with Crippen molar-refractivity contribution in [1.82, 2.24) is 14.5 Å². The summed E-state index contributed by atoms with van der Waals surface area (Å²) in [5.74, 6) is 1.51. The second kappa shape index (κ2) is 17.4. The van der Waals surface area contributed by atoms with Crippen LogP contribution >= 0.6 is 0 Å². The van der Waals surface area contributed by atoms with Crippen molar-refractivity contribution in [2.24, 2.45) is 0 Å². The third-order valence-corrected chi connectivity index (χ3v) is 13.6. The average Bonchev–Trinajstić information content (AvgIpc) is 3.77. The van der Waals surface area contributed by atoms with Gasteiger partial charge in [-0.3, -0.25) is 4.57 Å². The Kier molecular flexibility index (Phi) is 10.1. The maximum atomic E-state index is 5.45. The van der Waals surface area contributed by atoms with Gasteiger partial charge in [0.2, 0.25) is 0 Å². The topological polar surface area (TPSA) is 34.0 Å². The molecule has 0 saturated carbocycles. The molecule has 0 spiro atoms. The zero-order valence-electron chi connectivity index (χ0n) is 38.2. The molecule has 0 fully saturated rings. The Hall–Kier alpha value is -9.38. The van der Waals surface area contributed by atoms with Gasteiger partial charge in [0, 0.05) is 45.0 Å². The molecule has 0 radical (unpaired) electrons. The van der Waals surface area contributed by atoms with Crippen LogP contribution in [0.1, 0.15) is 0 Å². The molecule has 0 bridgehead atoms. The zero-order chi connectivity index (χ0) is 46.4. The second-order valence-electron chi connectivity index (χ2n) is 17.8. The maximum absolute atomic E-state index is 5.45. The summed E-state index contributed by atoms with van der Waals surface area (Å²) in [6, 6.07) is 95.4. The van der Waals surface area contributed by atoms with Crippen molar-refractivity contribution >= 4 is 60.4 Å². The summed E-state index contributed by atoms with van der Waals surface area (Å²) in [5, 5.41) is 6.92. The predicted octanol–water partition coefficient (Wildman–Crippen LogP) is 17.7. The molecule has 4 nitrogen and oxygen atoms in total. The lowest BCUT2D eigenvalue weighted by Gasteiger charge is -2.26. The fourth-order valence-corrected chi connectivity index (χ4v) is 10.2. The number of fused-ring (bicyclic) bond motifs is 5. The van der Waals surface area contributed by atoms with Gasteiger partial charge in [0.05, 0.1) is 16.7 Å². The number of aromatic nitrogens is 3. The number of hydrogen-bond acceptors (Lipinski definition) is 3. The number of benzene rings is 11. The molecule has 11 aromatic carbocycles. The molecule has 13 rings (SSSR count). The Morgan fingerprint density at radius 1 is 0.286 bits per heavy atom. The third-order valence-electron chi connectivity index (χ3n) is 13.6. The Balaban J connectivity index is 0.916. The smallest absolute Gasteiger partial charge is 0.162 e. The molecule has 13 aromatic rings. The van der Waals surface area contributed by atoms with Crippen molar-refractivity contribution in [2.45, 2.75) is 0 Å². The summed E-state index contributed by atoms with van der Waals surface area (Å²) in [4.78, 5) is 13.1. The molecule has 0 N–H and O–H groups in total. The van der Waals surface area contributed by atoms with E-state index in [1.807, 2.05) is 0 Å². The second-order valence-corrected chi connectivity index (χ2v) is 17.8. The first-order chi connectivity index (χ1) is 34.7. The number of rotatable bonds is 9. The van der Waals surface area contributed by atoms with E-state index in [0.29, 0.717) is 5.82 Å². The van der Waals surface area contributed by atoms with Gasteiger partial charge in [-0.1, -0.05) is 206 Å². The van der Waals surface area contributed by atoms with Crippen LogP contribution in [0, 0.1) is 0 Å². The fourth-order valence-electron chi connectivity index (χ4n) is 10.2. The molecule has 0 unspecified atom stereocenters. The van der Waals surface area contributed by atoms with Gasteiger partial charge in [0.1, 0.15) is 5.82 Å². The van der Waals surface area contributed by atoms with Gasteiger partial charge in [0.25, 0.3) is 0 Å². The zero-order valence-corrected chi connectivity index (χ0v) is 38.2. The standard InChI is InChI=1S/C66H44N4/c1-3-15-45(16-4-1)47-29-36-53(37-30-47)69(54-38-31-48(32-39-54)46-17-5-2-6-18-46)55-40-33-49(34-41-55)52-35-42-64-61(43-52)59-25-11-12-28-63(59)70(64)65-44-62(58-26-13-21-50-19-7-9-23-56(50)58)67-66(68-65)60-27-14-22-51-20-8-10-24-57(51)60/h1-44H. The Morgan fingerprint density at radius 3 is 1.30 bits per heavy atom. The van der Waals surface area contributed by atoms with Gasteiger partial charge in [-0.05, 0) is 110 Å². The van der Waals surface area contributed by atoms with Gasteiger partial charge in [-0.25, -0.2) is 9.97 Å². The van der Waals surface area contributed by atoms with Crippen molar-refractivity contribution < 1.29 is 0 Å². The highest BCUT2D eigenvalue weighted by Gasteiger charge is 2.20. The Morgan fingerprint density at radius 2 is 0.714 bits per heavy atom. The first-order valence-corrected chi connectivity index (χ1v) is 23.8. The molecule has 70 heavy (non-hydrogen) atoms. The first-order valence-electron chi connectivity index (χ1n) is 23.8. The quantitative estimate of drug-likeness (QED) is 0.145. The van der Waals surface area contributed by atoms with Gasteiger partial charge in [-0.2, -0.15) is 0 Å². The minimum Gasteiger partial charge on any atom is -0.311 e.